The third-order valence-corrected chi connectivity index (χ3v) is 5.43. The van der Waals surface area contributed by atoms with E-state index >= 15 is 0 Å². The van der Waals surface area contributed by atoms with Gasteiger partial charge in [0.05, 0.1) is 5.92 Å². The first-order valence-electron chi connectivity index (χ1n) is 10.9. The standard InChI is InChI=1S/C21H30F3N5O3/c1-20(2,3)32-19(31)29-11-4-6-14(12-29)17(30)26-15-7-5-10-28(13-15)18-25-9-8-16(27-18)21(22,23)24/h8-9,14-15H,4-7,10-13H2,1-3H3,(H,26,30). The molecule has 0 aromatic carbocycles. The maximum absolute atomic E-state index is 13.0. The first kappa shape index (κ1) is 24.1. The Morgan fingerprint density at radius 1 is 1.12 bits per heavy atom. The molecule has 32 heavy (non-hydrogen) atoms. The molecule has 2 aliphatic rings. The molecule has 11 heteroatoms. The minimum absolute atomic E-state index is 0.00698. The maximum Gasteiger partial charge on any atom is 0.433 e. The van der Waals surface area contributed by atoms with Gasteiger partial charge in [-0.1, -0.05) is 0 Å². The van der Waals surface area contributed by atoms with Crippen molar-refractivity contribution in [1.82, 2.24) is 20.2 Å². The molecule has 0 aliphatic carbocycles. The topological polar surface area (TPSA) is 87.7 Å². The van der Waals surface area contributed by atoms with Gasteiger partial charge >= 0.3 is 12.3 Å². The minimum Gasteiger partial charge on any atom is -0.444 e. The highest BCUT2D eigenvalue weighted by Crippen LogP contribution is 2.28. The maximum atomic E-state index is 13.0. The molecule has 0 radical (unpaired) electrons. The number of carbonyl (C=O) groups excluding carboxylic acids is 2. The number of alkyl halides is 3. The summed E-state index contributed by atoms with van der Waals surface area (Å²) in [5.41, 5.74) is -1.60. The molecule has 1 N–H and O–H groups in total. The summed E-state index contributed by atoms with van der Waals surface area (Å²) in [4.78, 5) is 36.1. The third-order valence-electron chi connectivity index (χ3n) is 5.43. The summed E-state index contributed by atoms with van der Waals surface area (Å²) in [7, 11) is 0. The second kappa shape index (κ2) is 9.50. The van der Waals surface area contributed by atoms with Crippen LogP contribution in [0.3, 0.4) is 0 Å². The molecule has 0 spiro atoms. The summed E-state index contributed by atoms with van der Waals surface area (Å²) in [6.07, 6.45) is -1.10. The predicted octanol–water partition coefficient (Wildman–Crippen LogP) is 3.23. The van der Waals surface area contributed by atoms with E-state index in [0.29, 0.717) is 45.3 Å². The average molecular weight is 457 g/mol. The van der Waals surface area contributed by atoms with Crippen LogP contribution < -0.4 is 10.2 Å². The van der Waals surface area contributed by atoms with Crippen molar-refractivity contribution < 1.29 is 27.5 Å². The van der Waals surface area contributed by atoms with E-state index in [2.05, 4.69) is 15.3 Å². The van der Waals surface area contributed by atoms with Crippen LogP contribution in [0.5, 0.6) is 0 Å². The Hall–Kier alpha value is -2.59. The zero-order chi connectivity index (χ0) is 23.5. The molecule has 1 aromatic heterocycles. The molecule has 3 rings (SSSR count). The van der Waals surface area contributed by atoms with Gasteiger partial charge in [0.15, 0.2) is 0 Å². The summed E-state index contributed by atoms with van der Waals surface area (Å²) in [5.74, 6) is -0.501. The van der Waals surface area contributed by atoms with Crippen LogP contribution in [0.2, 0.25) is 0 Å². The van der Waals surface area contributed by atoms with E-state index in [1.807, 2.05) is 0 Å². The summed E-state index contributed by atoms with van der Waals surface area (Å²) in [5, 5.41) is 3.00. The van der Waals surface area contributed by atoms with Gasteiger partial charge in [-0.25, -0.2) is 14.8 Å². The Balaban J connectivity index is 1.58. The largest absolute Gasteiger partial charge is 0.444 e. The molecule has 2 atom stereocenters. The number of hydrogen-bond acceptors (Lipinski definition) is 6. The van der Waals surface area contributed by atoms with Crippen molar-refractivity contribution in [3.63, 3.8) is 0 Å². The van der Waals surface area contributed by atoms with Crippen molar-refractivity contribution in [1.29, 1.82) is 0 Å². The minimum atomic E-state index is -4.54. The van der Waals surface area contributed by atoms with Gasteiger partial charge in [-0.15, -0.1) is 0 Å². The van der Waals surface area contributed by atoms with Crippen LogP contribution in [0.25, 0.3) is 0 Å². The van der Waals surface area contributed by atoms with Gasteiger partial charge in [0.25, 0.3) is 0 Å². The van der Waals surface area contributed by atoms with Crippen molar-refractivity contribution in [2.24, 2.45) is 5.92 Å². The number of ether oxygens (including phenoxy) is 1. The fourth-order valence-electron chi connectivity index (χ4n) is 3.94. The van der Waals surface area contributed by atoms with Gasteiger partial charge in [0.2, 0.25) is 11.9 Å². The Bertz CT molecular complexity index is 828. The Morgan fingerprint density at radius 2 is 1.84 bits per heavy atom. The van der Waals surface area contributed by atoms with Crippen molar-refractivity contribution in [3.8, 4) is 0 Å². The molecule has 2 amide bonds. The Morgan fingerprint density at radius 3 is 2.53 bits per heavy atom. The highest BCUT2D eigenvalue weighted by Gasteiger charge is 2.35. The molecule has 2 aliphatic heterocycles. The van der Waals surface area contributed by atoms with Gasteiger partial charge in [-0.2, -0.15) is 13.2 Å². The SMILES string of the molecule is CC(C)(C)OC(=O)N1CCCC(C(=O)NC2CCCN(c3nccc(C(F)(F)F)n3)C2)C1. The van der Waals surface area contributed by atoms with Crippen LogP contribution in [-0.2, 0) is 15.7 Å². The number of nitrogens with one attached hydrogen (secondary N) is 1. The Labute approximate surface area is 185 Å². The summed E-state index contributed by atoms with van der Waals surface area (Å²) >= 11 is 0. The lowest BCUT2D eigenvalue weighted by Crippen LogP contribution is -2.52. The molecule has 2 unspecified atom stereocenters. The molecular formula is C21H30F3N5O3. The van der Waals surface area contributed by atoms with E-state index < -0.39 is 23.6 Å². The van der Waals surface area contributed by atoms with E-state index in [0.717, 1.165) is 12.3 Å². The van der Waals surface area contributed by atoms with Crippen molar-refractivity contribution in [3.05, 3.63) is 18.0 Å². The molecule has 3 heterocycles. The monoisotopic (exact) mass is 457 g/mol. The number of likely N-dealkylation sites (tertiary alicyclic amines) is 1. The smallest absolute Gasteiger partial charge is 0.433 e. The molecule has 8 nitrogen and oxygen atoms in total. The van der Waals surface area contributed by atoms with Gasteiger partial charge in [0, 0.05) is 38.4 Å². The molecular weight excluding hydrogens is 427 g/mol. The van der Waals surface area contributed by atoms with Crippen molar-refractivity contribution in [2.45, 2.75) is 64.3 Å². The molecule has 2 fully saturated rings. The summed E-state index contributed by atoms with van der Waals surface area (Å²) < 4.78 is 44.3. The van der Waals surface area contributed by atoms with Crippen LogP contribution in [0, 0.1) is 5.92 Å². The Kier molecular flexibility index (Phi) is 7.14. The fourth-order valence-corrected chi connectivity index (χ4v) is 3.94. The van der Waals surface area contributed by atoms with Crippen molar-refractivity contribution in [2.75, 3.05) is 31.1 Å². The molecule has 2 saturated heterocycles. The highest BCUT2D eigenvalue weighted by molar-refractivity contribution is 5.80. The van der Waals surface area contributed by atoms with Gasteiger partial charge in [-0.3, -0.25) is 4.79 Å². The van der Waals surface area contributed by atoms with Crippen molar-refractivity contribution >= 4 is 17.9 Å². The van der Waals surface area contributed by atoms with Gasteiger partial charge in [-0.05, 0) is 52.5 Å². The quantitative estimate of drug-likeness (QED) is 0.750. The molecule has 0 saturated carbocycles. The number of carbonyl (C=O) groups is 2. The van der Waals surface area contributed by atoms with E-state index in [1.54, 1.807) is 30.6 Å². The van der Waals surface area contributed by atoms with E-state index in [1.165, 1.54) is 0 Å². The van der Waals surface area contributed by atoms with Crippen LogP contribution in [0.15, 0.2) is 12.3 Å². The number of anilines is 1. The zero-order valence-corrected chi connectivity index (χ0v) is 18.6. The number of piperidine rings is 2. The van der Waals surface area contributed by atoms with Crippen LogP contribution >= 0.6 is 0 Å². The lowest BCUT2D eigenvalue weighted by Gasteiger charge is -2.36. The van der Waals surface area contributed by atoms with E-state index in [-0.39, 0.29) is 30.4 Å². The summed E-state index contributed by atoms with van der Waals surface area (Å²) in [6, 6.07) is 0.609. The molecule has 178 valence electrons. The fraction of sp³-hybridized carbons (Fsp3) is 0.714. The predicted molar refractivity (Wildman–Crippen MR) is 111 cm³/mol. The normalized spacial score (nSPS) is 22.4. The lowest BCUT2D eigenvalue weighted by molar-refractivity contribution is -0.141. The highest BCUT2D eigenvalue weighted by atomic mass is 19.4. The molecule has 0 bridgehead atoms. The second-order valence-corrected chi connectivity index (χ2v) is 9.30. The number of hydrogen-bond donors (Lipinski definition) is 1. The number of halogens is 3. The third kappa shape index (κ3) is 6.46. The van der Waals surface area contributed by atoms with Gasteiger partial charge in [0.1, 0.15) is 11.3 Å². The number of nitrogens with zero attached hydrogens (tertiary/aromatic N) is 4. The lowest BCUT2D eigenvalue weighted by atomic mass is 9.96. The number of amides is 2. The second-order valence-electron chi connectivity index (χ2n) is 9.30. The zero-order valence-electron chi connectivity index (χ0n) is 18.6. The van der Waals surface area contributed by atoms with E-state index in [4.69, 9.17) is 4.74 Å². The summed E-state index contributed by atoms with van der Waals surface area (Å²) in [6.45, 7) is 7.06. The van der Waals surface area contributed by atoms with E-state index in [9.17, 15) is 22.8 Å². The number of aromatic nitrogens is 2. The van der Waals surface area contributed by atoms with Crippen LogP contribution in [0.1, 0.15) is 52.1 Å². The molecule has 1 aromatic rings. The first-order valence-corrected chi connectivity index (χ1v) is 10.9. The van der Waals surface area contributed by atoms with Crippen LogP contribution in [0.4, 0.5) is 23.9 Å². The number of rotatable bonds is 3. The van der Waals surface area contributed by atoms with Gasteiger partial charge < -0.3 is 19.9 Å². The van der Waals surface area contributed by atoms with Crippen LogP contribution in [-0.4, -0.2) is 64.7 Å². The average Bonchev–Trinajstić information content (AvgIpc) is 2.72. The first-order chi connectivity index (χ1) is 14.9.